The van der Waals surface area contributed by atoms with Crippen LogP contribution in [0.2, 0.25) is 0 Å². The van der Waals surface area contributed by atoms with E-state index >= 15 is 0 Å². The molecular formula is C13H20FNO2S. The number of nitrogens with one attached hydrogen (secondary N) is 1. The van der Waals surface area contributed by atoms with E-state index in [-0.39, 0.29) is 22.6 Å². The molecule has 18 heavy (non-hydrogen) atoms. The maximum absolute atomic E-state index is 13.5. The Labute approximate surface area is 108 Å². The van der Waals surface area contributed by atoms with Gasteiger partial charge in [0.05, 0.1) is 5.75 Å². The van der Waals surface area contributed by atoms with Gasteiger partial charge < -0.3 is 5.32 Å². The topological polar surface area (TPSA) is 46.2 Å². The van der Waals surface area contributed by atoms with Gasteiger partial charge in [0.1, 0.15) is 10.7 Å². The van der Waals surface area contributed by atoms with Crippen LogP contribution in [0.3, 0.4) is 0 Å². The van der Waals surface area contributed by atoms with E-state index in [4.69, 9.17) is 0 Å². The van der Waals surface area contributed by atoms with Crippen molar-refractivity contribution in [3.8, 4) is 0 Å². The molecule has 2 unspecified atom stereocenters. The van der Waals surface area contributed by atoms with E-state index in [0.717, 1.165) is 6.42 Å². The van der Waals surface area contributed by atoms with E-state index in [1.807, 2.05) is 13.8 Å². The first-order valence-electron chi connectivity index (χ1n) is 6.07. The van der Waals surface area contributed by atoms with Crippen molar-refractivity contribution in [2.75, 3.05) is 12.8 Å². The Morgan fingerprint density at radius 3 is 2.44 bits per heavy atom. The highest BCUT2D eigenvalue weighted by atomic mass is 32.2. The molecule has 0 spiro atoms. The third kappa shape index (κ3) is 3.53. The summed E-state index contributed by atoms with van der Waals surface area (Å²) in [6.07, 6.45) is 0.873. The molecular weight excluding hydrogens is 253 g/mol. The zero-order valence-corrected chi connectivity index (χ0v) is 11.8. The first-order valence-corrected chi connectivity index (χ1v) is 7.72. The number of benzene rings is 1. The molecule has 0 heterocycles. The van der Waals surface area contributed by atoms with E-state index in [9.17, 15) is 12.8 Å². The molecule has 0 aromatic heterocycles. The average molecular weight is 273 g/mol. The van der Waals surface area contributed by atoms with E-state index in [1.165, 1.54) is 24.3 Å². The van der Waals surface area contributed by atoms with Crippen LogP contribution in [-0.2, 0) is 9.84 Å². The van der Waals surface area contributed by atoms with Crippen molar-refractivity contribution in [1.82, 2.24) is 5.32 Å². The van der Waals surface area contributed by atoms with Gasteiger partial charge in [0, 0.05) is 6.04 Å². The molecule has 0 bridgehead atoms. The van der Waals surface area contributed by atoms with Crippen LogP contribution >= 0.6 is 0 Å². The second-order valence-corrected chi connectivity index (χ2v) is 6.50. The van der Waals surface area contributed by atoms with Gasteiger partial charge in [-0.05, 0) is 25.1 Å². The van der Waals surface area contributed by atoms with E-state index in [1.54, 1.807) is 7.05 Å². The molecule has 102 valence electrons. The summed E-state index contributed by atoms with van der Waals surface area (Å²) in [4.78, 5) is -0.214. The highest BCUT2D eigenvalue weighted by molar-refractivity contribution is 7.91. The SMILES string of the molecule is CCC(C)C(CS(=O)(=O)c1ccccc1F)NC. The van der Waals surface area contributed by atoms with Crippen molar-refractivity contribution in [3.63, 3.8) is 0 Å². The van der Waals surface area contributed by atoms with Crippen LogP contribution in [0, 0.1) is 11.7 Å². The standard InChI is InChI=1S/C13H20FNO2S/c1-4-10(2)12(15-3)9-18(16,17)13-8-6-5-7-11(13)14/h5-8,10,12,15H,4,9H2,1-3H3. The lowest BCUT2D eigenvalue weighted by Gasteiger charge is -2.22. The summed E-state index contributed by atoms with van der Waals surface area (Å²) in [5, 5.41) is 3.00. The summed E-state index contributed by atoms with van der Waals surface area (Å²) in [5.41, 5.74) is 0. The van der Waals surface area contributed by atoms with Gasteiger partial charge in [0.15, 0.2) is 9.84 Å². The molecule has 3 nitrogen and oxygen atoms in total. The molecule has 0 saturated carbocycles. The van der Waals surface area contributed by atoms with Crippen LogP contribution in [0.1, 0.15) is 20.3 Å². The molecule has 0 aliphatic heterocycles. The second kappa shape index (κ2) is 6.29. The molecule has 5 heteroatoms. The molecule has 0 fully saturated rings. The van der Waals surface area contributed by atoms with Gasteiger partial charge in [-0.15, -0.1) is 0 Å². The zero-order valence-electron chi connectivity index (χ0n) is 11.0. The molecule has 0 aliphatic rings. The lowest BCUT2D eigenvalue weighted by molar-refractivity contribution is 0.413. The molecule has 1 aromatic rings. The van der Waals surface area contributed by atoms with Crippen molar-refractivity contribution < 1.29 is 12.8 Å². The van der Waals surface area contributed by atoms with Crippen molar-refractivity contribution in [2.24, 2.45) is 5.92 Å². The fraction of sp³-hybridized carbons (Fsp3) is 0.538. The Morgan fingerprint density at radius 2 is 1.94 bits per heavy atom. The Bertz CT molecular complexity index is 488. The summed E-state index contributed by atoms with van der Waals surface area (Å²) in [7, 11) is -1.87. The maximum atomic E-state index is 13.5. The molecule has 1 N–H and O–H groups in total. The molecule has 0 saturated heterocycles. The van der Waals surface area contributed by atoms with Crippen LogP contribution in [0.25, 0.3) is 0 Å². The van der Waals surface area contributed by atoms with Gasteiger partial charge in [-0.25, -0.2) is 12.8 Å². The van der Waals surface area contributed by atoms with Gasteiger partial charge in [0.25, 0.3) is 0 Å². The van der Waals surface area contributed by atoms with E-state index in [2.05, 4.69) is 5.32 Å². The minimum Gasteiger partial charge on any atom is -0.316 e. The number of hydrogen-bond acceptors (Lipinski definition) is 3. The minimum absolute atomic E-state index is 0.0839. The Morgan fingerprint density at radius 1 is 1.33 bits per heavy atom. The van der Waals surface area contributed by atoms with Crippen LogP contribution in [0.4, 0.5) is 4.39 Å². The van der Waals surface area contributed by atoms with Gasteiger partial charge in [-0.2, -0.15) is 0 Å². The maximum Gasteiger partial charge on any atom is 0.182 e. The Balaban J connectivity index is 2.98. The zero-order chi connectivity index (χ0) is 13.8. The lowest BCUT2D eigenvalue weighted by Crippen LogP contribution is -2.38. The van der Waals surface area contributed by atoms with Crippen molar-refractivity contribution in [3.05, 3.63) is 30.1 Å². The van der Waals surface area contributed by atoms with Crippen LogP contribution in [-0.4, -0.2) is 27.3 Å². The molecule has 0 aliphatic carbocycles. The summed E-state index contributed by atoms with van der Waals surface area (Å²) in [6.45, 7) is 3.99. The van der Waals surface area contributed by atoms with Gasteiger partial charge >= 0.3 is 0 Å². The average Bonchev–Trinajstić information content (AvgIpc) is 2.35. The minimum atomic E-state index is -3.59. The van der Waals surface area contributed by atoms with Gasteiger partial charge in [-0.1, -0.05) is 32.4 Å². The fourth-order valence-corrected chi connectivity index (χ4v) is 3.64. The normalized spacial score (nSPS) is 15.3. The molecule has 0 radical (unpaired) electrons. The van der Waals surface area contributed by atoms with Crippen molar-refractivity contribution in [2.45, 2.75) is 31.2 Å². The first-order chi connectivity index (χ1) is 8.42. The number of sulfone groups is 1. The largest absolute Gasteiger partial charge is 0.316 e. The molecule has 0 amide bonds. The number of hydrogen-bond donors (Lipinski definition) is 1. The monoisotopic (exact) mass is 273 g/mol. The van der Waals surface area contributed by atoms with Crippen LogP contribution in [0.5, 0.6) is 0 Å². The molecule has 1 rings (SSSR count). The Kier molecular flexibility index (Phi) is 5.28. The third-order valence-electron chi connectivity index (χ3n) is 3.27. The first kappa shape index (κ1) is 15.1. The quantitative estimate of drug-likeness (QED) is 0.864. The van der Waals surface area contributed by atoms with Crippen LogP contribution in [0.15, 0.2) is 29.2 Å². The predicted molar refractivity (Wildman–Crippen MR) is 70.8 cm³/mol. The summed E-state index contributed by atoms with van der Waals surface area (Å²) >= 11 is 0. The predicted octanol–water partition coefficient (Wildman–Crippen LogP) is 2.23. The third-order valence-corrected chi connectivity index (χ3v) is 5.07. The summed E-state index contributed by atoms with van der Waals surface area (Å²) < 4.78 is 37.8. The number of rotatable bonds is 6. The van der Waals surface area contributed by atoms with E-state index in [0.29, 0.717) is 0 Å². The van der Waals surface area contributed by atoms with Gasteiger partial charge in [-0.3, -0.25) is 0 Å². The lowest BCUT2D eigenvalue weighted by atomic mass is 10.0. The van der Waals surface area contributed by atoms with Crippen LogP contribution < -0.4 is 5.32 Å². The highest BCUT2D eigenvalue weighted by Crippen LogP contribution is 2.18. The summed E-state index contributed by atoms with van der Waals surface area (Å²) in [5.74, 6) is -0.549. The van der Waals surface area contributed by atoms with Crippen molar-refractivity contribution >= 4 is 9.84 Å². The molecule has 2 atom stereocenters. The number of halogens is 1. The fourth-order valence-electron chi connectivity index (χ4n) is 1.84. The highest BCUT2D eigenvalue weighted by Gasteiger charge is 2.25. The van der Waals surface area contributed by atoms with E-state index < -0.39 is 15.7 Å². The Hall–Kier alpha value is -0.940. The smallest absolute Gasteiger partial charge is 0.182 e. The van der Waals surface area contributed by atoms with Gasteiger partial charge in [0.2, 0.25) is 0 Å². The second-order valence-electron chi connectivity index (χ2n) is 4.49. The summed E-state index contributed by atoms with van der Waals surface area (Å²) in [6, 6.07) is 5.34. The van der Waals surface area contributed by atoms with Crippen molar-refractivity contribution in [1.29, 1.82) is 0 Å². The molecule has 1 aromatic carbocycles.